The van der Waals surface area contributed by atoms with Crippen molar-refractivity contribution in [3.8, 4) is 0 Å². The Labute approximate surface area is 273 Å². The van der Waals surface area contributed by atoms with E-state index >= 15 is 0 Å². The first-order chi connectivity index (χ1) is 20.9. The Morgan fingerprint density at radius 2 is 1.52 bits per heavy atom. The van der Waals surface area contributed by atoms with Crippen molar-refractivity contribution in [2.75, 3.05) is 0 Å². The van der Waals surface area contributed by atoms with Gasteiger partial charge in [0, 0.05) is 50.4 Å². The van der Waals surface area contributed by atoms with E-state index < -0.39 is 80.8 Å². The Hall–Kier alpha value is -2.59. The molecule has 258 valence electrons. The van der Waals surface area contributed by atoms with Gasteiger partial charge in [-0.1, -0.05) is 46.3 Å². The Balaban J connectivity index is 1.73. The fourth-order valence-corrected chi connectivity index (χ4v) is 10.5. The lowest BCUT2D eigenvalue weighted by molar-refractivity contribution is -0.197. The molecule has 46 heavy (non-hydrogen) atoms. The Morgan fingerprint density at radius 3 is 2.07 bits per heavy atom. The monoisotopic (exact) mass is 646 g/mol. The summed E-state index contributed by atoms with van der Waals surface area (Å²) in [4.78, 5) is 64.3. The first-order valence-electron chi connectivity index (χ1n) is 16.6. The lowest BCUT2D eigenvalue weighted by Crippen LogP contribution is -2.66. The lowest BCUT2D eigenvalue weighted by Gasteiger charge is -2.65. The predicted molar refractivity (Wildman–Crippen MR) is 168 cm³/mol. The van der Waals surface area contributed by atoms with Gasteiger partial charge in [-0.25, -0.2) is 0 Å². The van der Waals surface area contributed by atoms with Crippen LogP contribution in [0.3, 0.4) is 0 Å². The number of aliphatic hydroxyl groups excluding tert-OH is 1. The molecule has 0 aromatic carbocycles. The third kappa shape index (κ3) is 5.55. The summed E-state index contributed by atoms with van der Waals surface area (Å²) >= 11 is 0. The smallest absolute Gasteiger partial charge is 0.303 e. The van der Waals surface area contributed by atoms with Crippen LogP contribution in [0.1, 0.15) is 115 Å². The first-order valence-corrected chi connectivity index (χ1v) is 16.6. The summed E-state index contributed by atoms with van der Waals surface area (Å²) in [6.07, 6.45) is 0.940. The molecule has 10 nitrogen and oxygen atoms in total. The SMILES string of the molecule is CC(=O)O[C@H]1C[C@@H]2C(=CC[C@@H]3[C@@]2(C)C(=O)C[C@]2(C)[C@@H]([C@@](C)(O)C(=O)CCC(C)(C)OC(C)=O)[C@H](O)C[C@@]32C)C(C)(C)[C@@H]1OC(C)=O. The van der Waals surface area contributed by atoms with Crippen molar-refractivity contribution in [2.45, 2.75) is 144 Å². The van der Waals surface area contributed by atoms with E-state index in [4.69, 9.17) is 14.2 Å². The fraction of sp³-hybridized carbons (Fsp3) is 0.806. The van der Waals surface area contributed by atoms with Gasteiger partial charge in [-0.05, 0) is 69.1 Å². The molecule has 0 heterocycles. The highest BCUT2D eigenvalue weighted by atomic mass is 16.6. The van der Waals surface area contributed by atoms with Crippen LogP contribution < -0.4 is 0 Å². The summed E-state index contributed by atoms with van der Waals surface area (Å²) in [5.74, 6) is -3.39. The van der Waals surface area contributed by atoms with Crippen LogP contribution in [0.5, 0.6) is 0 Å². The Kier molecular flexibility index (Phi) is 9.09. The largest absolute Gasteiger partial charge is 0.460 e. The van der Waals surface area contributed by atoms with Crippen LogP contribution in [-0.2, 0) is 38.2 Å². The molecule has 3 saturated carbocycles. The summed E-state index contributed by atoms with van der Waals surface area (Å²) in [5, 5.41) is 23.6. The average molecular weight is 647 g/mol. The molecule has 0 amide bonds. The van der Waals surface area contributed by atoms with E-state index in [-0.39, 0.29) is 36.9 Å². The van der Waals surface area contributed by atoms with Crippen molar-refractivity contribution in [3.05, 3.63) is 11.6 Å². The number of ether oxygens (including phenoxy) is 3. The van der Waals surface area contributed by atoms with Crippen molar-refractivity contribution in [1.29, 1.82) is 0 Å². The number of Topliss-reactive ketones (excluding diaryl/α,β-unsaturated/α-hetero) is 2. The van der Waals surface area contributed by atoms with Gasteiger partial charge in [-0.3, -0.25) is 24.0 Å². The highest BCUT2D eigenvalue weighted by Crippen LogP contribution is 2.74. The van der Waals surface area contributed by atoms with Crippen molar-refractivity contribution in [2.24, 2.45) is 39.4 Å². The summed E-state index contributed by atoms with van der Waals surface area (Å²) in [7, 11) is 0. The van der Waals surface area contributed by atoms with Gasteiger partial charge in [0.2, 0.25) is 0 Å². The van der Waals surface area contributed by atoms with Crippen LogP contribution >= 0.6 is 0 Å². The number of hydrogen-bond donors (Lipinski definition) is 2. The molecule has 2 N–H and O–H groups in total. The second-order valence-corrected chi connectivity index (χ2v) is 16.5. The molecule has 0 spiro atoms. The van der Waals surface area contributed by atoms with Gasteiger partial charge in [0.05, 0.1) is 6.10 Å². The molecule has 0 aromatic rings. The minimum absolute atomic E-state index is 0.0188. The number of carbonyl (C=O) groups is 5. The van der Waals surface area contributed by atoms with Gasteiger partial charge >= 0.3 is 17.9 Å². The molecule has 10 heteroatoms. The number of aliphatic hydroxyl groups is 2. The maximum absolute atomic E-state index is 14.7. The summed E-state index contributed by atoms with van der Waals surface area (Å²) < 4.78 is 16.9. The van der Waals surface area contributed by atoms with Gasteiger partial charge in [0.15, 0.2) is 5.78 Å². The van der Waals surface area contributed by atoms with E-state index in [1.54, 1.807) is 13.8 Å². The normalized spacial score (nSPS) is 39.5. The fourth-order valence-electron chi connectivity index (χ4n) is 10.5. The predicted octanol–water partition coefficient (Wildman–Crippen LogP) is 4.66. The molecule has 10 atom stereocenters. The summed E-state index contributed by atoms with van der Waals surface area (Å²) in [6, 6.07) is 0. The number of rotatable bonds is 8. The molecule has 4 rings (SSSR count). The molecule has 3 fully saturated rings. The zero-order valence-electron chi connectivity index (χ0n) is 29.4. The minimum Gasteiger partial charge on any atom is -0.460 e. The van der Waals surface area contributed by atoms with E-state index in [9.17, 15) is 34.2 Å². The zero-order valence-corrected chi connectivity index (χ0v) is 29.4. The second-order valence-electron chi connectivity index (χ2n) is 16.5. The quantitative estimate of drug-likeness (QED) is 0.216. The molecule has 0 bridgehead atoms. The molecular formula is C36H54O10. The zero-order chi connectivity index (χ0) is 35.0. The molecule has 4 aliphatic rings. The number of fused-ring (bicyclic) bond motifs is 5. The molecule has 0 unspecified atom stereocenters. The number of ketones is 2. The maximum Gasteiger partial charge on any atom is 0.303 e. The second kappa shape index (κ2) is 11.5. The number of carbonyl (C=O) groups excluding carboxylic acids is 5. The average Bonchev–Trinajstić information content (AvgIpc) is 3.09. The van der Waals surface area contributed by atoms with Crippen LogP contribution in [-0.4, -0.2) is 69.2 Å². The molecular weight excluding hydrogens is 592 g/mol. The molecule has 0 radical (unpaired) electrons. The van der Waals surface area contributed by atoms with Crippen LogP contribution in [0.2, 0.25) is 0 Å². The van der Waals surface area contributed by atoms with E-state index in [1.807, 2.05) is 27.7 Å². The summed E-state index contributed by atoms with van der Waals surface area (Å²) in [5.41, 5.74) is -5.03. The van der Waals surface area contributed by atoms with E-state index in [0.717, 1.165) is 5.57 Å². The van der Waals surface area contributed by atoms with Crippen LogP contribution in [0.25, 0.3) is 0 Å². The highest BCUT2D eigenvalue weighted by molar-refractivity contribution is 5.90. The highest BCUT2D eigenvalue weighted by Gasteiger charge is 2.75. The topological polar surface area (TPSA) is 154 Å². The minimum atomic E-state index is -1.94. The van der Waals surface area contributed by atoms with Gasteiger partial charge in [0.25, 0.3) is 0 Å². The number of esters is 3. The maximum atomic E-state index is 14.7. The number of hydrogen-bond acceptors (Lipinski definition) is 10. The summed E-state index contributed by atoms with van der Waals surface area (Å²) in [6.45, 7) is 18.7. The molecule has 0 aromatic heterocycles. The van der Waals surface area contributed by atoms with Gasteiger partial charge in [-0.2, -0.15) is 0 Å². The molecule has 0 aliphatic heterocycles. The standard InChI is InChI=1S/C36H54O10/c1-19(37)44-25-16-23-22(32(6,7)30(25)45-20(2)38)12-13-26-33(8)17-24(40)29(34(33,9)18-28(42)35(23,26)10)36(11,43)27(41)14-15-31(4,5)46-21(3)39/h12,23-26,29-30,40,43H,13-18H2,1-11H3/t23-,24-,25+,26+,29+,30-,33+,34-,35+,36+/m1/s1. The van der Waals surface area contributed by atoms with E-state index in [2.05, 4.69) is 13.0 Å². The third-order valence-corrected chi connectivity index (χ3v) is 12.7. The van der Waals surface area contributed by atoms with Crippen molar-refractivity contribution in [3.63, 3.8) is 0 Å². The van der Waals surface area contributed by atoms with Gasteiger partial charge in [0.1, 0.15) is 29.2 Å². The van der Waals surface area contributed by atoms with Crippen molar-refractivity contribution in [1.82, 2.24) is 0 Å². The van der Waals surface area contributed by atoms with Crippen LogP contribution in [0.15, 0.2) is 11.6 Å². The Morgan fingerprint density at radius 1 is 0.935 bits per heavy atom. The van der Waals surface area contributed by atoms with Gasteiger partial charge in [-0.15, -0.1) is 0 Å². The van der Waals surface area contributed by atoms with Crippen LogP contribution in [0, 0.1) is 39.4 Å². The van der Waals surface area contributed by atoms with E-state index in [0.29, 0.717) is 19.3 Å². The number of allylic oxidation sites excluding steroid dienone is 1. The molecule has 0 saturated heterocycles. The van der Waals surface area contributed by atoms with Gasteiger partial charge < -0.3 is 24.4 Å². The van der Waals surface area contributed by atoms with Crippen molar-refractivity contribution < 1.29 is 48.4 Å². The lowest BCUT2D eigenvalue weighted by atomic mass is 9.38. The first kappa shape index (κ1) is 36.2. The van der Waals surface area contributed by atoms with E-state index in [1.165, 1.54) is 27.7 Å². The van der Waals surface area contributed by atoms with Crippen molar-refractivity contribution >= 4 is 29.5 Å². The van der Waals surface area contributed by atoms with Crippen LogP contribution in [0.4, 0.5) is 0 Å². The molecule has 4 aliphatic carbocycles. The third-order valence-electron chi connectivity index (χ3n) is 12.7. The Bertz CT molecular complexity index is 1340.